The standard InChI is InChI=1S/C20H29F3O7S.C17H23F9O4/c1-4-17(2,3)15(24)30-19-8-12-5-13(9-19)7-18(6-12,11-19)16(25)29-14(20(21,22)23)10-31(26,27)28;1-4-8(2)12(27)30-11-6-9(13(3,28)15(18,19)20)5-10(7-11)14(29,16(21,22)23)17(24,25)26/h12-14H,4-11H2,1-3H3,(H,26,27,28);8-11,28-29H,4-7H2,1-3H3. The molecule has 0 spiro atoms. The summed E-state index contributed by atoms with van der Waals surface area (Å²) in [4.78, 5) is 37.7. The van der Waals surface area contributed by atoms with Gasteiger partial charge in [-0.05, 0) is 96.8 Å². The van der Waals surface area contributed by atoms with E-state index >= 15 is 0 Å². The van der Waals surface area contributed by atoms with Crippen molar-refractivity contribution in [2.75, 3.05) is 5.75 Å². The lowest BCUT2D eigenvalue weighted by Gasteiger charge is -2.60. The normalized spacial score (nSPS) is 30.6. The summed E-state index contributed by atoms with van der Waals surface area (Å²) in [6.45, 7) is 8.47. The molecule has 356 valence electrons. The fourth-order valence-electron chi connectivity index (χ4n) is 9.12. The summed E-state index contributed by atoms with van der Waals surface area (Å²) < 4.78 is 205. The maximum atomic E-state index is 13.3. The van der Waals surface area contributed by atoms with E-state index in [1.807, 2.05) is 6.92 Å². The average molecular weight is 933 g/mol. The van der Waals surface area contributed by atoms with Crippen molar-refractivity contribution in [1.82, 2.24) is 0 Å². The molecule has 3 N–H and O–H groups in total. The third kappa shape index (κ3) is 11.6. The van der Waals surface area contributed by atoms with Crippen LogP contribution >= 0.6 is 0 Å². The van der Waals surface area contributed by atoms with E-state index in [2.05, 4.69) is 4.74 Å². The molecule has 0 aromatic carbocycles. The van der Waals surface area contributed by atoms with Crippen LogP contribution in [0, 0.1) is 40.4 Å². The summed E-state index contributed by atoms with van der Waals surface area (Å²) in [5.41, 5.74) is -11.9. The number of ether oxygens (including phenoxy) is 3. The van der Waals surface area contributed by atoms with Crippen molar-refractivity contribution in [2.45, 2.75) is 166 Å². The molecule has 11 nitrogen and oxygen atoms in total. The topological polar surface area (TPSA) is 174 Å². The Morgan fingerprint density at radius 1 is 0.754 bits per heavy atom. The zero-order valence-electron chi connectivity index (χ0n) is 34.1. The van der Waals surface area contributed by atoms with E-state index in [4.69, 9.17) is 14.0 Å². The Morgan fingerprint density at radius 2 is 1.25 bits per heavy atom. The van der Waals surface area contributed by atoms with Crippen LogP contribution in [0.5, 0.6) is 0 Å². The van der Waals surface area contributed by atoms with Gasteiger partial charge >= 0.3 is 42.6 Å². The summed E-state index contributed by atoms with van der Waals surface area (Å²) in [5, 5.41) is 19.5. The van der Waals surface area contributed by atoms with Gasteiger partial charge in [0.2, 0.25) is 6.10 Å². The van der Waals surface area contributed by atoms with Gasteiger partial charge in [0.25, 0.3) is 15.7 Å². The molecule has 24 heteroatoms. The smallest absolute Gasteiger partial charge is 0.426 e. The molecule has 0 radical (unpaired) electrons. The number of rotatable bonds is 12. The van der Waals surface area contributed by atoms with Crippen molar-refractivity contribution >= 4 is 28.0 Å². The van der Waals surface area contributed by atoms with E-state index in [0.29, 0.717) is 32.1 Å². The number of alkyl halides is 12. The quantitative estimate of drug-likeness (QED) is 0.0745. The fourth-order valence-corrected chi connectivity index (χ4v) is 9.76. The first-order valence-electron chi connectivity index (χ1n) is 19.5. The molecule has 0 saturated heterocycles. The molecule has 0 aliphatic heterocycles. The predicted octanol–water partition coefficient (Wildman–Crippen LogP) is 8.20. The molecule has 4 bridgehead atoms. The number of aliphatic hydroxyl groups is 2. The van der Waals surface area contributed by atoms with Crippen molar-refractivity contribution in [1.29, 1.82) is 0 Å². The fraction of sp³-hybridized carbons (Fsp3) is 0.919. The third-order valence-electron chi connectivity index (χ3n) is 12.9. The number of halogens is 12. The highest BCUT2D eigenvalue weighted by molar-refractivity contribution is 7.85. The van der Waals surface area contributed by atoms with E-state index in [-0.39, 0.29) is 31.6 Å². The van der Waals surface area contributed by atoms with Crippen molar-refractivity contribution in [3.63, 3.8) is 0 Å². The molecule has 5 rings (SSSR count). The van der Waals surface area contributed by atoms with Gasteiger partial charge in [-0.15, -0.1) is 0 Å². The summed E-state index contributed by atoms with van der Waals surface area (Å²) in [5.74, 6) is -10.1. The second kappa shape index (κ2) is 17.4. The SMILES string of the molecule is CCC(C)(C)C(=O)OC12CC3CC(C1)CC(C(=O)OC(CS(=O)(=O)O)C(F)(F)F)(C3)C2.CCC(C)C(=O)OC1CC(C(C)(O)C(F)(F)F)CC(C(O)(C(F)(F)F)C(F)(F)F)C1. The molecule has 0 amide bonds. The summed E-state index contributed by atoms with van der Waals surface area (Å²) in [7, 11) is -5.02. The molecular formula is C37H52F12O11S. The molecule has 5 aliphatic carbocycles. The largest absolute Gasteiger partial charge is 0.462 e. The van der Waals surface area contributed by atoms with Crippen LogP contribution in [0.25, 0.3) is 0 Å². The average Bonchev–Trinajstić information content (AvgIpc) is 3.07. The van der Waals surface area contributed by atoms with Crippen molar-refractivity contribution in [3.8, 4) is 0 Å². The van der Waals surface area contributed by atoms with Gasteiger partial charge in [0.15, 0.2) is 5.60 Å². The van der Waals surface area contributed by atoms with Gasteiger partial charge in [0, 0.05) is 18.3 Å². The van der Waals surface area contributed by atoms with Gasteiger partial charge in [-0.2, -0.15) is 61.1 Å². The maximum Gasteiger partial charge on any atom is 0.426 e. The van der Waals surface area contributed by atoms with Gasteiger partial charge in [0.05, 0.1) is 16.7 Å². The van der Waals surface area contributed by atoms with Gasteiger partial charge in [-0.1, -0.05) is 20.8 Å². The van der Waals surface area contributed by atoms with E-state index in [9.17, 15) is 85.7 Å². The number of carbonyl (C=O) groups is 3. The molecular weight excluding hydrogens is 880 g/mol. The Hall–Kier alpha value is -2.60. The molecule has 5 fully saturated rings. The monoisotopic (exact) mass is 932 g/mol. The van der Waals surface area contributed by atoms with Crippen molar-refractivity contribution < 1.29 is 104 Å². The molecule has 0 aromatic heterocycles. The van der Waals surface area contributed by atoms with Crippen LogP contribution in [0.2, 0.25) is 0 Å². The number of esters is 3. The minimum Gasteiger partial charge on any atom is -0.462 e. The number of hydrogen-bond acceptors (Lipinski definition) is 10. The molecule has 5 saturated carbocycles. The van der Waals surface area contributed by atoms with Gasteiger partial charge < -0.3 is 24.4 Å². The Labute approximate surface area is 344 Å². The number of hydrogen-bond donors (Lipinski definition) is 3. The first kappa shape index (κ1) is 52.7. The molecule has 0 heterocycles. The van der Waals surface area contributed by atoms with Crippen molar-refractivity contribution in [3.05, 3.63) is 0 Å². The lowest BCUT2D eigenvalue weighted by Crippen LogP contribution is -2.64. The predicted molar refractivity (Wildman–Crippen MR) is 186 cm³/mol. The van der Waals surface area contributed by atoms with Gasteiger partial charge in [0.1, 0.15) is 17.5 Å². The van der Waals surface area contributed by atoms with Crippen LogP contribution in [0.15, 0.2) is 0 Å². The van der Waals surface area contributed by atoms with E-state index in [0.717, 1.165) is 6.42 Å². The highest BCUT2D eigenvalue weighted by atomic mass is 32.2. The lowest BCUT2D eigenvalue weighted by molar-refractivity contribution is -0.391. The Morgan fingerprint density at radius 3 is 1.66 bits per heavy atom. The molecule has 0 aromatic rings. The van der Waals surface area contributed by atoms with Crippen LogP contribution < -0.4 is 0 Å². The molecule has 8 atom stereocenters. The summed E-state index contributed by atoms with van der Waals surface area (Å²) >= 11 is 0. The van der Waals surface area contributed by atoms with E-state index in [1.54, 1.807) is 20.8 Å². The Kier molecular flexibility index (Phi) is 15.1. The van der Waals surface area contributed by atoms with E-state index in [1.165, 1.54) is 6.92 Å². The first-order valence-corrected chi connectivity index (χ1v) is 21.1. The molecule has 5 aliphatic rings. The Bertz CT molecular complexity index is 1680. The van der Waals surface area contributed by atoms with Crippen LogP contribution in [-0.2, 0) is 38.7 Å². The zero-order valence-corrected chi connectivity index (χ0v) is 34.9. The summed E-state index contributed by atoms with van der Waals surface area (Å²) in [6.07, 6.45) is -27.9. The molecule has 61 heavy (non-hydrogen) atoms. The van der Waals surface area contributed by atoms with Gasteiger partial charge in [-0.3, -0.25) is 18.9 Å². The second-order valence-electron chi connectivity index (χ2n) is 18.1. The molecule has 8 unspecified atom stereocenters. The van der Waals surface area contributed by atoms with Crippen LogP contribution in [0.4, 0.5) is 52.7 Å². The Balaban J connectivity index is 0.000000326. The number of carbonyl (C=O) groups excluding carboxylic acids is 3. The third-order valence-corrected chi connectivity index (χ3v) is 13.7. The van der Waals surface area contributed by atoms with E-state index < -0.39 is 135 Å². The highest BCUT2D eigenvalue weighted by Gasteiger charge is 2.75. The highest BCUT2D eigenvalue weighted by Crippen LogP contribution is 2.64. The first-order chi connectivity index (χ1) is 27.2. The minimum atomic E-state index is -6.27. The minimum absolute atomic E-state index is 0.0113. The van der Waals surface area contributed by atoms with Crippen LogP contribution in [-0.4, -0.2) is 101 Å². The lowest BCUT2D eigenvalue weighted by atomic mass is 9.48. The summed E-state index contributed by atoms with van der Waals surface area (Å²) in [6, 6.07) is 0. The van der Waals surface area contributed by atoms with Crippen molar-refractivity contribution in [2.24, 2.45) is 40.4 Å². The van der Waals surface area contributed by atoms with Crippen LogP contribution in [0.3, 0.4) is 0 Å². The van der Waals surface area contributed by atoms with Crippen LogP contribution in [0.1, 0.15) is 112 Å². The van der Waals surface area contributed by atoms with Gasteiger partial charge in [-0.25, -0.2) is 0 Å². The zero-order chi connectivity index (χ0) is 47.4. The second-order valence-corrected chi connectivity index (χ2v) is 19.6. The maximum absolute atomic E-state index is 13.3.